The molecule has 0 aliphatic rings. The molecule has 0 radical (unpaired) electrons. The SMILES string of the molecule is C.C.C.C.C.C.C/C=C\C.C=CC=C.C=CC=C. The highest BCUT2D eigenvalue weighted by Gasteiger charge is 1.34. The minimum Gasteiger partial charge on any atom is -0.0991 e. The molecule has 0 aromatic carbocycles. The van der Waals surface area contributed by atoms with Gasteiger partial charge in [-0.3, -0.25) is 0 Å². The quantitative estimate of drug-likeness (QED) is 0.347. The van der Waals surface area contributed by atoms with Gasteiger partial charge in [0.25, 0.3) is 0 Å². The molecular weight excluding hydrogens is 216 g/mol. The third-order valence-electron chi connectivity index (χ3n) is 0.667. The van der Waals surface area contributed by atoms with Gasteiger partial charge in [-0.15, -0.1) is 0 Å². The molecule has 0 aliphatic carbocycles. The highest BCUT2D eigenvalue weighted by Crippen LogP contribution is 1.57. The minimum absolute atomic E-state index is 0. The second-order valence-electron chi connectivity index (χ2n) is 1.61. The van der Waals surface area contributed by atoms with Crippen molar-refractivity contribution in [3.8, 4) is 0 Å². The molecule has 0 amide bonds. The van der Waals surface area contributed by atoms with Gasteiger partial charge in [-0.1, -0.05) is 107 Å². The number of hydrogen-bond acceptors (Lipinski definition) is 0. The van der Waals surface area contributed by atoms with Gasteiger partial charge in [0.1, 0.15) is 0 Å². The van der Waals surface area contributed by atoms with Crippen LogP contribution >= 0.6 is 0 Å². The first-order valence-electron chi connectivity index (χ1n) is 3.79. The molecule has 0 heterocycles. The van der Waals surface area contributed by atoms with Crippen molar-refractivity contribution in [3.63, 3.8) is 0 Å². The van der Waals surface area contributed by atoms with E-state index in [0.717, 1.165) is 0 Å². The van der Waals surface area contributed by atoms with E-state index in [1.54, 1.807) is 24.3 Å². The predicted molar refractivity (Wildman–Crippen MR) is 102 cm³/mol. The first kappa shape index (κ1) is 69.4. The number of allylic oxidation sites excluding steroid dienone is 6. The lowest BCUT2D eigenvalue weighted by Gasteiger charge is -1.49. The summed E-state index contributed by atoms with van der Waals surface area (Å²) in [6.45, 7) is 17.4. The van der Waals surface area contributed by atoms with Gasteiger partial charge in [0.05, 0.1) is 0 Å². The third kappa shape index (κ3) is 955. The lowest BCUT2D eigenvalue weighted by Crippen LogP contribution is -1.26. The van der Waals surface area contributed by atoms with E-state index in [9.17, 15) is 0 Å². The second-order valence-corrected chi connectivity index (χ2v) is 1.61. The summed E-state index contributed by atoms with van der Waals surface area (Å²) in [5.74, 6) is 0. The molecule has 0 rings (SSSR count). The standard InChI is InChI=1S/C4H8.2C4H6.6CH4/c3*1-3-4-2;;;;;;/h3-4H,1-2H3;2*3-4H,1-2H2;6*1H4/b4-3-;;;;;;;;. The molecule has 0 bridgehead atoms. The van der Waals surface area contributed by atoms with E-state index < -0.39 is 0 Å². The van der Waals surface area contributed by atoms with Crippen molar-refractivity contribution in [2.75, 3.05) is 0 Å². The van der Waals surface area contributed by atoms with Crippen molar-refractivity contribution in [2.24, 2.45) is 0 Å². The van der Waals surface area contributed by atoms with Crippen LogP contribution in [0.2, 0.25) is 0 Å². The van der Waals surface area contributed by atoms with Crippen molar-refractivity contribution in [2.45, 2.75) is 58.4 Å². The normalized spacial score (nSPS) is 4.33. The third-order valence-corrected chi connectivity index (χ3v) is 0.667. The summed E-state index contributed by atoms with van der Waals surface area (Å²) in [4.78, 5) is 0. The summed E-state index contributed by atoms with van der Waals surface area (Å²) in [6, 6.07) is 0. The van der Waals surface area contributed by atoms with Gasteiger partial charge in [-0.25, -0.2) is 0 Å². The molecule has 0 unspecified atom stereocenters. The lowest BCUT2D eigenvalue weighted by molar-refractivity contribution is 1.64. The second kappa shape index (κ2) is 154. The largest absolute Gasteiger partial charge is 0.0991 e. The first-order chi connectivity index (χ1) is 5.74. The fourth-order valence-electron chi connectivity index (χ4n) is 0. The predicted octanol–water partition coefficient (Wildman–Crippen LogP) is 8.12. The Morgan fingerprint density at radius 2 is 0.556 bits per heavy atom. The van der Waals surface area contributed by atoms with Crippen molar-refractivity contribution >= 4 is 0 Å². The van der Waals surface area contributed by atoms with Crippen molar-refractivity contribution in [1.82, 2.24) is 0 Å². The Bertz CT molecular complexity index is 99.0. The maximum atomic E-state index is 3.36. The van der Waals surface area contributed by atoms with Crippen molar-refractivity contribution in [1.29, 1.82) is 0 Å². The fraction of sp³-hybridized carbons (Fsp3) is 0.444. The molecule has 0 spiro atoms. The van der Waals surface area contributed by atoms with E-state index in [0.29, 0.717) is 0 Å². The van der Waals surface area contributed by atoms with Gasteiger partial charge in [0, 0.05) is 0 Å². The zero-order valence-corrected chi connectivity index (χ0v) is 8.29. The van der Waals surface area contributed by atoms with Crippen molar-refractivity contribution in [3.05, 3.63) is 62.8 Å². The van der Waals surface area contributed by atoms with Crippen LogP contribution in [-0.4, -0.2) is 0 Å². The van der Waals surface area contributed by atoms with Gasteiger partial charge >= 0.3 is 0 Å². The van der Waals surface area contributed by atoms with Crippen LogP contribution in [0.3, 0.4) is 0 Å². The molecule has 0 nitrogen and oxygen atoms in total. The van der Waals surface area contributed by atoms with Crippen LogP contribution in [0.4, 0.5) is 0 Å². The molecule has 0 saturated heterocycles. The van der Waals surface area contributed by atoms with Crippen LogP contribution in [0.15, 0.2) is 62.8 Å². The molecule has 0 aromatic rings. The molecule has 18 heavy (non-hydrogen) atoms. The maximum absolute atomic E-state index is 3.36. The Hall–Kier alpha value is -1.30. The topological polar surface area (TPSA) is 0 Å². The van der Waals surface area contributed by atoms with Gasteiger partial charge in [-0.05, 0) is 13.8 Å². The fourth-order valence-corrected chi connectivity index (χ4v) is 0. The Morgan fingerprint density at radius 3 is 0.556 bits per heavy atom. The Balaban J connectivity index is -0.00000000827. The average Bonchev–Trinajstić information content (AvgIpc) is 2.18. The van der Waals surface area contributed by atoms with E-state index in [1.807, 2.05) is 26.0 Å². The molecule has 0 aromatic heterocycles. The number of hydrogen-bond donors (Lipinski definition) is 0. The zero-order chi connectivity index (χ0) is 10.2. The van der Waals surface area contributed by atoms with E-state index in [4.69, 9.17) is 0 Å². The molecule has 0 fully saturated rings. The van der Waals surface area contributed by atoms with Gasteiger partial charge < -0.3 is 0 Å². The molecule has 0 N–H and O–H groups in total. The lowest BCUT2D eigenvalue weighted by atomic mass is 10.6. The molecule has 0 atom stereocenters. The zero-order valence-electron chi connectivity index (χ0n) is 8.29. The Morgan fingerprint density at radius 1 is 0.444 bits per heavy atom. The smallest absolute Gasteiger partial charge is 0.0470 e. The van der Waals surface area contributed by atoms with E-state index >= 15 is 0 Å². The van der Waals surface area contributed by atoms with Crippen LogP contribution in [0.1, 0.15) is 58.4 Å². The highest BCUT2D eigenvalue weighted by atomic mass is 13.4. The van der Waals surface area contributed by atoms with Gasteiger partial charge in [0.15, 0.2) is 0 Å². The van der Waals surface area contributed by atoms with E-state index in [-0.39, 0.29) is 44.6 Å². The Labute approximate surface area is 122 Å². The minimum atomic E-state index is 0. The van der Waals surface area contributed by atoms with Crippen LogP contribution in [0.5, 0.6) is 0 Å². The molecule has 116 valence electrons. The van der Waals surface area contributed by atoms with Gasteiger partial charge in [0.2, 0.25) is 0 Å². The van der Waals surface area contributed by atoms with Crippen LogP contribution in [0.25, 0.3) is 0 Å². The summed E-state index contributed by atoms with van der Waals surface area (Å²) in [7, 11) is 0. The van der Waals surface area contributed by atoms with Gasteiger partial charge in [-0.2, -0.15) is 0 Å². The van der Waals surface area contributed by atoms with E-state index in [2.05, 4.69) is 26.3 Å². The van der Waals surface area contributed by atoms with Crippen LogP contribution in [0, 0.1) is 0 Å². The summed E-state index contributed by atoms with van der Waals surface area (Å²) < 4.78 is 0. The maximum Gasteiger partial charge on any atom is -0.0470 e. The Kier molecular flexibility index (Phi) is 592. The number of rotatable bonds is 2. The molecular formula is C18H44. The summed E-state index contributed by atoms with van der Waals surface area (Å²) >= 11 is 0. The summed E-state index contributed by atoms with van der Waals surface area (Å²) in [5.41, 5.74) is 0. The highest BCUT2D eigenvalue weighted by molar-refractivity contribution is 4.88. The molecule has 0 heteroatoms. The van der Waals surface area contributed by atoms with Crippen LogP contribution in [-0.2, 0) is 0 Å². The first-order valence-corrected chi connectivity index (χ1v) is 3.79. The summed E-state index contributed by atoms with van der Waals surface area (Å²) in [5, 5.41) is 0. The average molecular weight is 261 g/mol. The monoisotopic (exact) mass is 260 g/mol. The van der Waals surface area contributed by atoms with E-state index in [1.165, 1.54) is 0 Å². The molecule has 0 aliphatic heterocycles. The molecule has 0 saturated carbocycles. The summed E-state index contributed by atoms with van der Waals surface area (Å²) in [6.07, 6.45) is 10.6. The van der Waals surface area contributed by atoms with Crippen LogP contribution < -0.4 is 0 Å². The van der Waals surface area contributed by atoms with Crippen molar-refractivity contribution < 1.29 is 0 Å².